The monoisotopic (exact) mass is 256 g/mol. The van der Waals surface area contributed by atoms with Crippen LogP contribution in [-0.2, 0) is 9.59 Å². The fourth-order valence-corrected chi connectivity index (χ4v) is 2.38. The molecule has 0 saturated carbocycles. The van der Waals surface area contributed by atoms with Crippen LogP contribution in [0.25, 0.3) is 0 Å². The third-order valence-electron chi connectivity index (χ3n) is 3.66. The Kier molecular flexibility index (Phi) is 5.59. The minimum atomic E-state index is -0.803. The average Bonchev–Trinajstić information content (AvgIpc) is 2.34. The van der Waals surface area contributed by atoms with Crippen LogP contribution < -0.4 is 5.73 Å². The zero-order chi connectivity index (χ0) is 13.6. The largest absolute Gasteiger partial charge is 0.481 e. The summed E-state index contributed by atoms with van der Waals surface area (Å²) in [6.07, 6.45) is 4.69. The molecule has 0 aromatic rings. The van der Waals surface area contributed by atoms with Crippen LogP contribution in [-0.4, -0.2) is 41.5 Å². The van der Waals surface area contributed by atoms with Gasteiger partial charge in [-0.2, -0.15) is 0 Å². The zero-order valence-electron chi connectivity index (χ0n) is 11.2. The summed E-state index contributed by atoms with van der Waals surface area (Å²) < 4.78 is 0. The van der Waals surface area contributed by atoms with Gasteiger partial charge in [0.05, 0.1) is 5.41 Å². The Bertz CT molecular complexity index is 307. The molecule has 0 spiro atoms. The molecule has 0 aromatic carbocycles. The zero-order valence-corrected chi connectivity index (χ0v) is 11.2. The number of nitrogens with two attached hydrogens (primary N) is 1. The number of nitrogens with zero attached hydrogens (tertiary/aromatic N) is 1. The Morgan fingerprint density at radius 2 is 2.06 bits per heavy atom. The second-order valence-electron chi connectivity index (χ2n) is 5.38. The van der Waals surface area contributed by atoms with Crippen LogP contribution in [0.4, 0.5) is 0 Å². The Labute approximate surface area is 108 Å². The van der Waals surface area contributed by atoms with Gasteiger partial charge in [0.15, 0.2) is 0 Å². The second-order valence-corrected chi connectivity index (χ2v) is 5.38. The van der Waals surface area contributed by atoms with Crippen LogP contribution in [0.2, 0.25) is 0 Å². The van der Waals surface area contributed by atoms with Crippen molar-refractivity contribution in [3.8, 4) is 0 Å². The van der Waals surface area contributed by atoms with E-state index in [2.05, 4.69) is 0 Å². The second kappa shape index (κ2) is 6.73. The quantitative estimate of drug-likeness (QED) is 0.700. The molecular weight excluding hydrogens is 232 g/mol. The molecule has 1 atom stereocenters. The van der Waals surface area contributed by atoms with Crippen molar-refractivity contribution in [2.75, 3.05) is 19.6 Å². The highest BCUT2D eigenvalue weighted by Crippen LogP contribution is 2.30. The maximum atomic E-state index is 12.0. The summed E-state index contributed by atoms with van der Waals surface area (Å²) in [4.78, 5) is 24.9. The fourth-order valence-electron chi connectivity index (χ4n) is 2.38. The van der Waals surface area contributed by atoms with E-state index in [1.807, 2.05) is 0 Å². The van der Waals surface area contributed by atoms with Crippen molar-refractivity contribution < 1.29 is 14.7 Å². The lowest BCUT2D eigenvalue weighted by Gasteiger charge is -2.37. The Morgan fingerprint density at radius 3 is 2.67 bits per heavy atom. The third-order valence-corrected chi connectivity index (χ3v) is 3.66. The highest BCUT2D eigenvalue weighted by atomic mass is 16.4. The summed E-state index contributed by atoms with van der Waals surface area (Å²) in [7, 11) is 0. The normalized spacial score (nSPS) is 24.0. The van der Waals surface area contributed by atoms with Crippen molar-refractivity contribution in [1.29, 1.82) is 0 Å². The van der Waals surface area contributed by atoms with Gasteiger partial charge in [0.25, 0.3) is 0 Å². The smallest absolute Gasteiger partial charge is 0.311 e. The first-order valence-corrected chi connectivity index (χ1v) is 6.71. The summed E-state index contributed by atoms with van der Waals surface area (Å²) in [6, 6.07) is 0. The molecule has 3 N–H and O–H groups in total. The van der Waals surface area contributed by atoms with Gasteiger partial charge in [-0.05, 0) is 39.2 Å². The minimum Gasteiger partial charge on any atom is -0.481 e. The topological polar surface area (TPSA) is 83.6 Å². The number of likely N-dealkylation sites (tertiary alicyclic amines) is 1. The summed E-state index contributed by atoms with van der Waals surface area (Å²) in [5.41, 5.74) is 4.62. The molecule has 1 aliphatic heterocycles. The van der Waals surface area contributed by atoms with Gasteiger partial charge in [-0.25, -0.2) is 0 Å². The van der Waals surface area contributed by atoms with Gasteiger partial charge in [0, 0.05) is 19.5 Å². The van der Waals surface area contributed by atoms with E-state index in [1.165, 1.54) is 0 Å². The van der Waals surface area contributed by atoms with Crippen molar-refractivity contribution in [2.24, 2.45) is 11.1 Å². The van der Waals surface area contributed by atoms with Crippen LogP contribution in [0, 0.1) is 5.41 Å². The molecule has 1 fully saturated rings. The van der Waals surface area contributed by atoms with E-state index in [0.29, 0.717) is 32.5 Å². The number of carbonyl (C=O) groups excluding carboxylic acids is 1. The SMILES string of the molecule is CC1(C(=O)O)CCCN(C(=O)CCCCCN)C1. The highest BCUT2D eigenvalue weighted by Gasteiger charge is 2.39. The Hall–Kier alpha value is -1.10. The van der Waals surface area contributed by atoms with Crippen molar-refractivity contribution in [2.45, 2.75) is 45.4 Å². The number of amides is 1. The molecule has 1 unspecified atom stereocenters. The van der Waals surface area contributed by atoms with Crippen molar-refractivity contribution in [3.63, 3.8) is 0 Å². The van der Waals surface area contributed by atoms with Crippen LogP contribution in [0.5, 0.6) is 0 Å². The minimum absolute atomic E-state index is 0.0826. The number of carboxylic acid groups (broad SMARTS) is 1. The van der Waals surface area contributed by atoms with Crippen LogP contribution in [0.1, 0.15) is 45.4 Å². The molecule has 18 heavy (non-hydrogen) atoms. The van der Waals surface area contributed by atoms with E-state index >= 15 is 0 Å². The molecule has 5 heteroatoms. The molecule has 0 aromatic heterocycles. The first-order chi connectivity index (χ1) is 8.49. The molecule has 1 rings (SSSR count). The highest BCUT2D eigenvalue weighted by molar-refractivity contribution is 5.79. The van der Waals surface area contributed by atoms with E-state index in [0.717, 1.165) is 25.7 Å². The number of hydrogen-bond acceptors (Lipinski definition) is 3. The van der Waals surface area contributed by atoms with Gasteiger partial charge in [-0.15, -0.1) is 0 Å². The molecule has 1 heterocycles. The maximum Gasteiger partial charge on any atom is 0.311 e. The predicted molar refractivity (Wildman–Crippen MR) is 69.1 cm³/mol. The molecule has 1 saturated heterocycles. The molecule has 104 valence electrons. The number of carboxylic acids is 1. The number of piperidine rings is 1. The van der Waals surface area contributed by atoms with Gasteiger partial charge in [0.1, 0.15) is 0 Å². The van der Waals surface area contributed by atoms with Gasteiger partial charge in [-0.3, -0.25) is 9.59 Å². The van der Waals surface area contributed by atoms with Gasteiger partial charge >= 0.3 is 5.97 Å². The molecule has 0 aliphatic carbocycles. The number of rotatable bonds is 6. The number of aliphatic carboxylic acids is 1. The summed E-state index contributed by atoms with van der Waals surface area (Å²) in [5, 5.41) is 9.19. The number of hydrogen-bond donors (Lipinski definition) is 2. The van der Waals surface area contributed by atoms with Crippen LogP contribution >= 0.6 is 0 Å². The fraction of sp³-hybridized carbons (Fsp3) is 0.846. The van der Waals surface area contributed by atoms with E-state index in [1.54, 1.807) is 11.8 Å². The van der Waals surface area contributed by atoms with Crippen LogP contribution in [0.15, 0.2) is 0 Å². The molecule has 5 nitrogen and oxygen atoms in total. The van der Waals surface area contributed by atoms with E-state index < -0.39 is 11.4 Å². The molecule has 0 bridgehead atoms. The summed E-state index contributed by atoms with van der Waals surface area (Å²) in [6.45, 7) is 3.43. The molecule has 0 radical (unpaired) electrons. The van der Waals surface area contributed by atoms with Crippen LogP contribution in [0.3, 0.4) is 0 Å². The van der Waals surface area contributed by atoms with Gasteiger partial charge < -0.3 is 15.7 Å². The molecular formula is C13H24N2O3. The average molecular weight is 256 g/mol. The van der Waals surface area contributed by atoms with Gasteiger partial charge in [-0.1, -0.05) is 6.42 Å². The first kappa shape index (κ1) is 15.0. The van der Waals surface area contributed by atoms with E-state index in [-0.39, 0.29) is 5.91 Å². The van der Waals surface area contributed by atoms with Crippen molar-refractivity contribution in [3.05, 3.63) is 0 Å². The van der Waals surface area contributed by atoms with Crippen molar-refractivity contribution in [1.82, 2.24) is 4.90 Å². The lowest BCUT2D eigenvalue weighted by molar-refractivity contribution is -0.153. The number of unbranched alkanes of at least 4 members (excludes halogenated alkanes) is 2. The van der Waals surface area contributed by atoms with E-state index in [4.69, 9.17) is 5.73 Å². The third kappa shape index (κ3) is 3.98. The molecule has 1 amide bonds. The van der Waals surface area contributed by atoms with Crippen molar-refractivity contribution >= 4 is 11.9 Å². The molecule has 1 aliphatic rings. The number of carbonyl (C=O) groups is 2. The summed E-state index contributed by atoms with van der Waals surface area (Å²) in [5.74, 6) is -0.720. The maximum absolute atomic E-state index is 12.0. The lowest BCUT2D eigenvalue weighted by atomic mass is 9.82. The van der Waals surface area contributed by atoms with Gasteiger partial charge in [0.2, 0.25) is 5.91 Å². The van der Waals surface area contributed by atoms with E-state index in [9.17, 15) is 14.7 Å². The summed E-state index contributed by atoms with van der Waals surface area (Å²) >= 11 is 0. The standard InChI is InChI=1S/C13H24N2O3/c1-13(12(17)18)7-5-9-15(10-13)11(16)6-3-2-4-8-14/h2-10,14H2,1H3,(H,17,18). The Balaban J connectivity index is 2.41. The Morgan fingerprint density at radius 1 is 1.33 bits per heavy atom. The first-order valence-electron chi connectivity index (χ1n) is 6.71. The predicted octanol–water partition coefficient (Wildman–Crippen LogP) is 1.22. The lowest BCUT2D eigenvalue weighted by Crippen LogP contribution is -2.48.